The third-order valence-corrected chi connectivity index (χ3v) is 8.50. The van der Waals surface area contributed by atoms with Crippen molar-refractivity contribution in [1.82, 2.24) is 0 Å². The summed E-state index contributed by atoms with van der Waals surface area (Å²) >= 11 is 0. The molecule has 2 heterocycles. The molecule has 3 unspecified atom stereocenters. The van der Waals surface area contributed by atoms with Crippen LogP contribution in [0.2, 0.25) is 0 Å². The number of carbonyl (C=O) groups is 4. The van der Waals surface area contributed by atoms with E-state index in [2.05, 4.69) is 0 Å². The molecule has 3 aromatic carbocycles. The molecule has 1 spiro atoms. The molecule has 1 aliphatic carbocycles. The molecule has 2 aliphatic heterocycles. The van der Waals surface area contributed by atoms with E-state index in [1.54, 1.807) is 59.5 Å². The lowest BCUT2D eigenvalue weighted by Gasteiger charge is -2.37. The molecule has 9 heteroatoms. The molecule has 0 radical (unpaired) electrons. The molecule has 0 bridgehead atoms. The Morgan fingerprint density at radius 2 is 1.43 bits per heavy atom. The van der Waals surface area contributed by atoms with E-state index in [0.29, 0.717) is 45.2 Å². The fourth-order valence-electron chi connectivity index (χ4n) is 7.03. The molecule has 3 aliphatic rings. The van der Waals surface area contributed by atoms with E-state index >= 15 is 0 Å². The number of ether oxygens (including phenoxy) is 4. The number of para-hydroxylation sites is 1. The van der Waals surface area contributed by atoms with Crippen LogP contribution in [0.4, 0.5) is 5.69 Å². The Labute approximate surface area is 242 Å². The first kappa shape index (κ1) is 27.3. The molecule has 0 amide bonds. The van der Waals surface area contributed by atoms with Crippen molar-refractivity contribution < 1.29 is 38.1 Å². The van der Waals surface area contributed by atoms with Crippen LogP contribution in [0, 0.1) is 5.41 Å². The second kappa shape index (κ2) is 9.87. The van der Waals surface area contributed by atoms with Crippen LogP contribution >= 0.6 is 0 Å². The zero-order chi connectivity index (χ0) is 29.9. The van der Waals surface area contributed by atoms with Gasteiger partial charge in [0.25, 0.3) is 0 Å². The maximum absolute atomic E-state index is 14.7. The molecule has 6 rings (SSSR count). The minimum atomic E-state index is -1.72. The third kappa shape index (κ3) is 3.55. The van der Waals surface area contributed by atoms with Crippen LogP contribution in [0.25, 0.3) is 6.08 Å². The van der Waals surface area contributed by atoms with Gasteiger partial charge in [0.2, 0.25) is 5.75 Å². The van der Waals surface area contributed by atoms with Crippen LogP contribution in [-0.2, 0) is 9.59 Å². The number of benzene rings is 3. The lowest BCUT2D eigenvalue weighted by Crippen LogP contribution is -2.48. The Kier molecular flexibility index (Phi) is 6.40. The monoisotopic (exact) mass is 567 g/mol. The van der Waals surface area contributed by atoms with Crippen LogP contribution in [0.15, 0.2) is 60.7 Å². The zero-order valence-corrected chi connectivity index (χ0v) is 23.8. The van der Waals surface area contributed by atoms with E-state index in [0.717, 1.165) is 0 Å². The van der Waals surface area contributed by atoms with Gasteiger partial charge in [0.15, 0.2) is 34.6 Å². The highest BCUT2D eigenvalue weighted by molar-refractivity contribution is 6.32. The fourth-order valence-corrected chi connectivity index (χ4v) is 7.03. The van der Waals surface area contributed by atoms with E-state index in [1.807, 2.05) is 12.1 Å². The van der Waals surface area contributed by atoms with Crippen molar-refractivity contribution in [3.63, 3.8) is 0 Å². The minimum Gasteiger partial charge on any atom is -0.493 e. The molecule has 3 atom stereocenters. The lowest BCUT2D eigenvalue weighted by molar-refractivity contribution is -0.131. The van der Waals surface area contributed by atoms with Gasteiger partial charge < -0.3 is 23.8 Å². The number of carbonyl (C=O) groups excluding carboxylic acids is 4. The predicted molar refractivity (Wildman–Crippen MR) is 154 cm³/mol. The number of esters is 1. The molecule has 0 aromatic heterocycles. The van der Waals surface area contributed by atoms with Crippen molar-refractivity contribution in [2.45, 2.75) is 31.8 Å². The van der Waals surface area contributed by atoms with Crippen molar-refractivity contribution in [3.8, 4) is 23.0 Å². The van der Waals surface area contributed by atoms with Crippen molar-refractivity contribution in [2.75, 3.05) is 26.2 Å². The van der Waals surface area contributed by atoms with Crippen molar-refractivity contribution in [3.05, 3.63) is 82.9 Å². The molecule has 1 saturated heterocycles. The normalized spacial score (nSPS) is 21.1. The summed E-state index contributed by atoms with van der Waals surface area (Å²) in [6, 6.07) is 13.5. The number of nitrogens with zero attached hydrogens (tertiary/aromatic N) is 1. The van der Waals surface area contributed by atoms with Gasteiger partial charge in [-0.3, -0.25) is 19.2 Å². The lowest BCUT2D eigenvalue weighted by atomic mass is 9.64. The maximum Gasteiger partial charge on any atom is 0.308 e. The van der Waals surface area contributed by atoms with Gasteiger partial charge in [-0.1, -0.05) is 48.6 Å². The first-order chi connectivity index (χ1) is 20.2. The van der Waals surface area contributed by atoms with Crippen LogP contribution in [-0.4, -0.2) is 56.7 Å². The number of hydrogen-bond acceptors (Lipinski definition) is 9. The zero-order valence-electron chi connectivity index (χ0n) is 23.8. The summed E-state index contributed by atoms with van der Waals surface area (Å²) in [4.78, 5) is 57.1. The Bertz CT molecular complexity index is 1650. The molecule has 0 saturated carbocycles. The maximum atomic E-state index is 14.7. The number of rotatable bonds is 6. The van der Waals surface area contributed by atoms with Gasteiger partial charge in [0.05, 0.1) is 39.1 Å². The fraction of sp³-hybridized carbons (Fsp3) is 0.273. The quantitative estimate of drug-likeness (QED) is 0.239. The highest BCUT2D eigenvalue weighted by Gasteiger charge is 2.71. The van der Waals surface area contributed by atoms with Crippen LogP contribution in [0.5, 0.6) is 23.0 Å². The largest absolute Gasteiger partial charge is 0.493 e. The van der Waals surface area contributed by atoms with E-state index in [4.69, 9.17) is 18.9 Å². The SMILES string of the molecule is COc1cc(C2C(C(C)=O)N3c4c(cccc4OC(C)=O)C=CC3C23C(=O)c2ccccc2C3=O)cc(OC)c1OC. The van der Waals surface area contributed by atoms with Gasteiger partial charge in [-0.2, -0.15) is 0 Å². The highest BCUT2D eigenvalue weighted by Crippen LogP contribution is 2.62. The summed E-state index contributed by atoms with van der Waals surface area (Å²) in [6.07, 6.45) is 3.61. The van der Waals surface area contributed by atoms with Crippen molar-refractivity contribution >= 4 is 35.1 Å². The Hall–Kier alpha value is -4.92. The molecule has 1 fully saturated rings. The molecule has 0 N–H and O–H groups in total. The number of ketones is 3. The molecule has 42 heavy (non-hydrogen) atoms. The summed E-state index contributed by atoms with van der Waals surface area (Å²) in [5.74, 6) is -1.32. The summed E-state index contributed by atoms with van der Waals surface area (Å²) in [5, 5.41) is 0. The molecule has 9 nitrogen and oxygen atoms in total. The van der Waals surface area contributed by atoms with Gasteiger partial charge in [-0.05, 0) is 30.7 Å². The van der Waals surface area contributed by atoms with Crippen molar-refractivity contribution in [1.29, 1.82) is 0 Å². The second-order valence-corrected chi connectivity index (χ2v) is 10.6. The van der Waals surface area contributed by atoms with Gasteiger partial charge in [0.1, 0.15) is 5.41 Å². The molecular formula is C33H29NO8. The van der Waals surface area contributed by atoms with Crippen LogP contribution in [0.3, 0.4) is 0 Å². The summed E-state index contributed by atoms with van der Waals surface area (Å²) in [5.41, 5.74) is 0.530. The van der Waals surface area contributed by atoms with E-state index in [-0.39, 0.29) is 23.1 Å². The van der Waals surface area contributed by atoms with Crippen LogP contribution < -0.4 is 23.8 Å². The predicted octanol–water partition coefficient (Wildman–Crippen LogP) is 4.66. The first-order valence-corrected chi connectivity index (χ1v) is 13.5. The molecule has 214 valence electrons. The Balaban J connectivity index is 1.70. The Morgan fingerprint density at radius 3 is 1.95 bits per heavy atom. The molecule has 3 aromatic rings. The van der Waals surface area contributed by atoms with E-state index in [1.165, 1.54) is 35.2 Å². The number of anilines is 1. The van der Waals surface area contributed by atoms with E-state index < -0.39 is 29.4 Å². The summed E-state index contributed by atoms with van der Waals surface area (Å²) in [7, 11) is 4.43. The van der Waals surface area contributed by atoms with Gasteiger partial charge in [-0.25, -0.2) is 0 Å². The van der Waals surface area contributed by atoms with E-state index in [9.17, 15) is 19.2 Å². The highest BCUT2D eigenvalue weighted by atomic mass is 16.5. The number of Topliss-reactive ketones (excluding diaryl/α,β-unsaturated/α-hetero) is 3. The standard InChI is InChI=1S/C33H29NO8/c1-17(35)28-27(20-15-24(39-3)30(41-5)25(16-20)40-4)33(31(37)21-10-6-7-11-22(21)32(33)38)26-14-13-19-9-8-12-23(42-18(2)36)29(19)34(26)28/h6-16,26-28H,1-5H3. The second-order valence-electron chi connectivity index (χ2n) is 10.6. The number of hydrogen-bond donors (Lipinski definition) is 0. The van der Waals surface area contributed by atoms with Gasteiger partial charge in [-0.15, -0.1) is 0 Å². The average Bonchev–Trinajstić information content (AvgIpc) is 3.42. The number of fused-ring (bicyclic) bond motifs is 5. The third-order valence-electron chi connectivity index (χ3n) is 8.50. The number of methoxy groups -OCH3 is 3. The van der Waals surface area contributed by atoms with Crippen molar-refractivity contribution in [2.24, 2.45) is 5.41 Å². The van der Waals surface area contributed by atoms with Gasteiger partial charge in [0, 0.05) is 29.5 Å². The summed E-state index contributed by atoms with van der Waals surface area (Å²) < 4.78 is 22.4. The first-order valence-electron chi connectivity index (χ1n) is 13.5. The Morgan fingerprint density at radius 1 is 0.810 bits per heavy atom. The topological polar surface area (TPSA) is 108 Å². The van der Waals surface area contributed by atoms with Gasteiger partial charge >= 0.3 is 5.97 Å². The summed E-state index contributed by atoms with van der Waals surface area (Å²) in [6.45, 7) is 2.73. The average molecular weight is 568 g/mol. The smallest absolute Gasteiger partial charge is 0.308 e. The van der Waals surface area contributed by atoms with Crippen LogP contribution in [0.1, 0.15) is 51.6 Å². The molecular weight excluding hydrogens is 538 g/mol. The minimum absolute atomic E-state index is 0.233.